The van der Waals surface area contributed by atoms with Crippen molar-refractivity contribution in [2.75, 3.05) is 5.32 Å². The minimum absolute atomic E-state index is 0.157. The molecule has 2 rings (SSSR count). The molecule has 0 radical (unpaired) electrons. The third kappa shape index (κ3) is 4.19. The van der Waals surface area contributed by atoms with E-state index >= 15 is 0 Å². The molecule has 1 aliphatic carbocycles. The molecule has 2 unspecified atom stereocenters. The smallest absolute Gasteiger partial charge is 0.310 e. The van der Waals surface area contributed by atoms with Crippen molar-refractivity contribution in [1.82, 2.24) is 0 Å². The summed E-state index contributed by atoms with van der Waals surface area (Å²) in [4.78, 5) is 24.0. The standard InChI is InChI=1S/C17H18N2O3/c1-12(22-17(21)14-5-3-2-4-6-14)16(20)19-15-9-7-13(11-18)8-10-15/h2-3,7-10,12,14H,4-6H2,1H3,(H,19,20). The second-order valence-electron chi connectivity index (χ2n) is 5.24. The van der Waals surface area contributed by atoms with Crippen LogP contribution in [0.15, 0.2) is 36.4 Å². The Morgan fingerprint density at radius 2 is 2.05 bits per heavy atom. The molecule has 1 N–H and O–H groups in total. The molecule has 2 atom stereocenters. The van der Waals surface area contributed by atoms with Crippen molar-refractivity contribution in [3.8, 4) is 6.07 Å². The summed E-state index contributed by atoms with van der Waals surface area (Å²) in [7, 11) is 0. The maximum Gasteiger partial charge on any atom is 0.310 e. The maximum absolute atomic E-state index is 12.0. The third-order valence-electron chi connectivity index (χ3n) is 3.55. The van der Waals surface area contributed by atoms with Crippen LogP contribution in [-0.2, 0) is 14.3 Å². The van der Waals surface area contributed by atoms with Crippen molar-refractivity contribution in [3.05, 3.63) is 42.0 Å². The molecule has 1 aromatic rings. The van der Waals surface area contributed by atoms with Crippen molar-refractivity contribution >= 4 is 17.6 Å². The predicted molar refractivity (Wildman–Crippen MR) is 81.8 cm³/mol. The number of carbonyl (C=O) groups is 2. The van der Waals surface area contributed by atoms with Crippen LogP contribution in [-0.4, -0.2) is 18.0 Å². The first-order valence-corrected chi connectivity index (χ1v) is 7.26. The minimum Gasteiger partial charge on any atom is -0.452 e. The second-order valence-corrected chi connectivity index (χ2v) is 5.24. The van der Waals surface area contributed by atoms with Gasteiger partial charge in [0.2, 0.25) is 0 Å². The van der Waals surface area contributed by atoms with E-state index in [1.54, 1.807) is 31.2 Å². The minimum atomic E-state index is -0.853. The number of amides is 1. The Morgan fingerprint density at radius 1 is 1.32 bits per heavy atom. The Morgan fingerprint density at radius 3 is 2.64 bits per heavy atom. The van der Waals surface area contributed by atoms with Gasteiger partial charge >= 0.3 is 5.97 Å². The number of nitrogens with zero attached hydrogens (tertiary/aromatic N) is 1. The number of benzene rings is 1. The molecule has 0 saturated heterocycles. The maximum atomic E-state index is 12.0. The molecule has 1 aromatic carbocycles. The number of anilines is 1. The molecule has 5 heteroatoms. The lowest BCUT2D eigenvalue weighted by molar-refractivity contribution is -0.157. The zero-order valence-corrected chi connectivity index (χ0v) is 12.4. The van der Waals surface area contributed by atoms with Crippen molar-refractivity contribution < 1.29 is 14.3 Å². The predicted octanol–water partition coefficient (Wildman–Crippen LogP) is 2.78. The molecular weight excluding hydrogens is 280 g/mol. The average molecular weight is 298 g/mol. The molecule has 0 heterocycles. The van der Waals surface area contributed by atoms with Gasteiger partial charge in [0.05, 0.1) is 17.6 Å². The number of nitriles is 1. The summed E-state index contributed by atoms with van der Waals surface area (Å²) in [5.74, 6) is -0.869. The highest BCUT2D eigenvalue weighted by atomic mass is 16.5. The largest absolute Gasteiger partial charge is 0.452 e. The summed E-state index contributed by atoms with van der Waals surface area (Å²) >= 11 is 0. The fraction of sp³-hybridized carbons (Fsp3) is 0.353. The normalized spacial score (nSPS) is 18.1. The molecule has 0 bridgehead atoms. The summed E-state index contributed by atoms with van der Waals surface area (Å²) in [6, 6.07) is 8.50. The van der Waals surface area contributed by atoms with Crippen molar-refractivity contribution in [3.63, 3.8) is 0 Å². The van der Waals surface area contributed by atoms with Gasteiger partial charge in [0.1, 0.15) is 0 Å². The monoisotopic (exact) mass is 298 g/mol. The molecule has 114 valence electrons. The van der Waals surface area contributed by atoms with Gasteiger partial charge in [-0.3, -0.25) is 9.59 Å². The van der Waals surface area contributed by atoms with Crippen LogP contribution < -0.4 is 5.32 Å². The second kappa shape index (κ2) is 7.41. The van der Waals surface area contributed by atoms with Crippen LogP contribution in [0.25, 0.3) is 0 Å². The summed E-state index contributed by atoms with van der Waals surface area (Å²) < 4.78 is 5.23. The van der Waals surface area contributed by atoms with Crippen LogP contribution in [0.1, 0.15) is 31.7 Å². The zero-order valence-electron chi connectivity index (χ0n) is 12.4. The molecule has 0 saturated carbocycles. The van der Waals surface area contributed by atoms with Gasteiger partial charge in [-0.05, 0) is 50.5 Å². The molecule has 5 nitrogen and oxygen atoms in total. The number of hydrogen-bond acceptors (Lipinski definition) is 4. The summed E-state index contributed by atoms with van der Waals surface area (Å²) in [6.07, 6.45) is 5.46. The van der Waals surface area contributed by atoms with E-state index < -0.39 is 6.10 Å². The Bertz CT molecular complexity index is 614. The quantitative estimate of drug-likeness (QED) is 0.684. The molecular formula is C17H18N2O3. The SMILES string of the molecule is CC(OC(=O)C1CC=CCC1)C(=O)Nc1ccc(C#N)cc1. The van der Waals surface area contributed by atoms with E-state index in [-0.39, 0.29) is 17.8 Å². The van der Waals surface area contributed by atoms with Gasteiger partial charge in [-0.25, -0.2) is 0 Å². The van der Waals surface area contributed by atoms with Gasteiger partial charge in [-0.15, -0.1) is 0 Å². The molecule has 22 heavy (non-hydrogen) atoms. The van der Waals surface area contributed by atoms with Crippen molar-refractivity contribution in [2.24, 2.45) is 5.92 Å². The Balaban J connectivity index is 1.87. The van der Waals surface area contributed by atoms with Crippen LogP contribution in [0.4, 0.5) is 5.69 Å². The first kappa shape index (κ1) is 15.8. The van der Waals surface area contributed by atoms with E-state index in [4.69, 9.17) is 10.00 Å². The highest BCUT2D eigenvalue weighted by molar-refractivity contribution is 5.95. The summed E-state index contributed by atoms with van der Waals surface area (Å²) in [6.45, 7) is 1.55. The number of esters is 1. The van der Waals surface area contributed by atoms with E-state index in [1.807, 2.05) is 18.2 Å². The molecule has 1 amide bonds. The Kier molecular flexibility index (Phi) is 5.31. The fourth-order valence-corrected chi connectivity index (χ4v) is 2.20. The fourth-order valence-electron chi connectivity index (χ4n) is 2.20. The number of ether oxygens (including phenoxy) is 1. The third-order valence-corrected chi connectivity index (χ3v) is 3.55. The van der Waals surface area contributed by atoms with Crippen LogP contribution >= 0.6 is 0 Å². The molecule has 0 fully saturated rings. The summed E-state index contributed by atoms with van der Waals surface area (Å²) in [5.41, 5.74) is 1.08. The topological polar surface area (TPSA) is 79.2 Å². The van der Waals surface area contributed by atoms with Gasteiger partial charge in [0, 0.05) is 5.69 Å². The first-order chi connectivity index (χ1) is 10.6. The highest BCUT2D eigenvalue weighted by Crippen LogP contribution is 2.20. The van der Waals surface area contributed by atoms with E-state index in [9.17, 15) is 9.59 Å². The zero-order chi connectivity index (χ0) is 15.9. The lowest BCUT2D eigenvalue weighted by Gasteiger charge is -2.19. The van der Waals surface area contributed by atoms with E-state index in [2.05, 4.69) is 5.32 Å². The van der Waals surface area contributed by atoms with Crippen LogP contribution in [0.3, 0.4) is 0 Å². The molecule has 1 aliphatic rings. The number of allylic oxidation sites excluding steroid dienone is 2. The van der Waals surface area contributed by atoms with Crippen LogP contribution in [0.2, 0.25) is 0 Å². The van der Waals surface area contributed by atoms with Crippen LogP contribution in [0, 0.1) is 17.2 Å². The average Bonchev–Trinajstić information content (AvgIpc) is 2.56. The number of rotatable bonds is 4. The molecule has 0 aromatic heterocycles. The van der Waals surface area contributed by atoms with Gasteiger partial charge < -0.3 is 10.1 Å². The highest BCUT2D eigenvalue weighted by Gasteiger charge is 2.24. The first-order valence-electron chi connectivity index (χ1n) is 7.26. The van der Waals surface area contributed by atoms with Gasteiger partial charge in [-0.1, -0.05) is 12.2 Å². The molecule has 0 spiro atoms. The van der Waals surface area contributed by atoms with E-state index in [0.717, 1.165) is 12.8 Å². The van der Waals surface area contributed by atoms with Gasteiger partial charge in [0.15, 0.2) is 6.10 Å². The van der Waals surface area contributed by atoms with Crippen molar-refractivity contribution in [2.45, 2.75) is 32.3 Å². The lowest BCUT2D eigenvalue weighted by atomic mass is 9.95. The lowest BCUT2D eigenvalue weighted by Crippen LogP contribution is -2.32. The van der Waals surface area contributed by atoms with Crippen LogP contribution in [0.5, 0.6) is 0 Å². The van der Waals surface area contributed by atoms with E-state index in [1.165, 1.54) is 0 Å². The summed E-state index contributed by atoms with van der Waals surface area (Å²) in [5, 5.41) is 11.4. The Hall–Kier alpha value is -2.61. The number of carbonyl (C=O) groups excluding carboxylic acids is 2. The van der Waals surface area contributed by atoms with E-state index in [0.29, 0.717) is 17.7 Å². The van der Waals surface area contributed by atoms with Gasteiger partial charge in [-0.2, -0.15) is 5.26 Å². The van der Waals surface area contributed by atoms with Gasteiger partial charge in [0.25, 0.3) is 5.91 Å². The number of hydrogen-bond donors (Lipinski definition) is 1. The van der Waals surface area contributed by atoms with Crippen molar-refractivity contribution in [1.29, 1.82) is 5.26 Å². The number of nitrogens with one attached hydrogen (secondary N) is 1. The molecule has 0 aliphatic heterocycles. The Labute approximate surface area is 129 Å².